The van der Waals surface area contributed by atoms with Crippen LogP contribution in [0.5, 0.6) is 0 Å². The molecule has 0 aromatic carbocycles. The van der Waals surface area contributed by atoms with Crippen molar-refractivity contribution in [2.24, 2.45) is 0 Å². The Balaban J connectivity index is 3.27. The summed E-state index contributed by atoms with van der Waals surface area (Å²) in [7, 11) is 3.76. The number of unbranched alkanes of at least 4 members (excludes halogenated alkanes) is 1. The minimum absolute atomic E-state index is 0.0337. The highest BCUT2D eigenvalue weighted by Crippen LogP contribution is 1.96. The molecule has 0 aromatic heterocycles. The molecule has 0 spiro atoms. The van der Waals surface area contributed by atoms with Gasteiger partial charge in [-0.25, -0.2) is 0 Å². The molecule has 0 unspecified atom stereocenters. The van der Waals surface area contributed by atoms with Crippen molar-refractivity contribution in [2.75, 3.05) is 46.9 Å². The molecule has 0 aliphatic rings. The highest BCUT2D eigenvalue weighted by molar-refractivity contribution is 5.77. The molecule has 18 heavy (non-hydrogen) atoms. The van der Waals surface area contributed by atoms with Gasteiger partial charge >= 0.3 is 0 Å². The van der Waals surface area contributed by atoms with Gasteiger partial charge in [0.1, 0.15) is 0 Å². The number of hydrogen-bond donors (Lipinski definition) is 2. The first kappa shape index (κ1) is 17.4. The molecular formula is C13H29N3O2. The Bertz CT molecular complexity index is 210. The van der Waals surface area contributed by atoms with Crippen LogP contribution in [0, 0.1) is 0 Å². The molecule has 0 atom stereocenters. The predicted molar refractivity (Wildman–Crippen MR) is 74.8 cm³/mol. The van der Waals surface area contributed by atoms with Gasteiger partial charge in [0.2, 0.25) is 5.91 Å². The quantitative estimate of drug-likeness (QED) is 0.529. The van der Waals surface area contributed by atoms with Gasteiger partial charge in [-0.15, -0.1) is 0 Å². The normalized spacial score (nSPS) is 11.2. The Kier molecular flexibility index (Phi) is 11.0. The lowest BCUT2D eigenvalue weighted by molar-refractivity contribution is -0.120. The van der Waals surface area contributed by atoms with Gasteiger partial charge < -0.3 is 20.3 Å². The van der Waals surface area contributed by atoms with Crippen molar-refractivity contribution in [3.63, 3.8) is 0 Å². The molecule has 2 N–H and O–H groups in total. The van der Waals surface area contributed by atoms with Crippen molar-refractivity contribution in [3.8, 4) is 0 Å². The Hall–Kier alpha value is -0.650. The summed E-state index contributed by atoms with van der Waals surface area (Å²) in [6, 6.07) is 0.601. The number of nitrogens with zero attached hydrogens (tertiary/aromatic N) is 1. The molecular weight excluding hydrogens is 230 g/mol. The first-order valence-corrected chi connectivity index (χ1v) is 6.74. The van der Waals surface area contributed by atoms with Gasteiger partial charge in [0, 0.05) is 19.7 Å². The van der Waals surface area contributed by atoms with E-state index in [9.17, 15) is 4.79 Å². The average molecular weight is 259 g/mol. The number of amides is 1. The van der Waals surface area contributed by atoms with Crippen LogP contribution in [0.4, 0.5) is 0 Å². The van der Waals surface area contributed by atoms with Crippen molar-refractivity contribution in [3.05, 3.63) is 0 Å². The molecule has 0 bridgehead atoms. The van der Waals surface area contributed by atoms with Crippen LogP contribution in [0.15, 0.2) is 0 Å². The topological polar surface area (TPSA) is 53.6 Å². The highest BCUT2D eigenvalue weighted by atomic mass is 16.5. The fraction of sp³-hybridized carbons (Fsp3) is 0.923. The van der Waals surface area contributed by atoms with E-state index in [1.807, 2.05) is 0 Å². The Morgan fingerprint density at radius 1 is 1.28 bits per heavy atom. The SMILES string of the molecule is COCCNC(=O)CNCCCCN(C)C(C)C. The third-order valence-electron chi connectivity index (χ3n) is 2.91. The molecule has 0 rings (SSSR count). The first-order chi connectivity index (χ1) is 8.57. The van der Waals surface area contributed by atoms with Crippen molar-refractivity contribution >= 4 is 5.91 Å². The van der Waals surface area contributed by atoms with Crippen LogP contribution in [0.3, 0.4) is 0 Å². The van der Waals surface area contributed by atoms with Gasteiger partial charge in [-0.1, -0.05) is 0 Å². The zero-order valence-electron chi connectivity index (χ0n) is 12.3. The average Bonchev–Trinajstić information content (AvgIpc) is 2.33. The van der Waals surface area contributed by atoms with Crippen LogP contribution in [0.25, 0.3) is 0 Å². The smallest absolute Gasteiger partial charge is 0.234 e. The molecule has 5 heteroatoms. The molecule has 0 radical (unpaired) electrons. The van der Waals surface area contributed by atoms with Crippen LogP contribution in [-0.4, -0.2) is 63.8 Å². The van der Waals surface area contributed by atoms with Crippen LogP contribution in [0.2, 0.25) is 0 Å². The lowest BCUT2D eigenvalue weighted by atomic mass is 10.2. The van der Waals surface area contributed by atoms with E-state index in [1.165, 1.54) is 0 Å². The number of carbonyl (C=O) groups excluding carboxylic acids is 1. The summed E-state index contributed by atoms with van der Waals surface area (Å²) in [4.78, 5) is 13.6. The lowest BCUT2D eigenvalue weighted by Crippen LogP contribution is -2.36. The highest BCUT2D eigenvalue weighted by Gasteiger charge is 2.02. The van der Waals surface area contributed by atoms with Gasteiger partial charge in [-0.3, -0.25) is 4.79 Å². The third kappa shape index (κ3) is 10.5. The molecule has 0 saturated carbocycles. The van der Waals surface area contributed by atoms with E-state index < -0.39 is 0 Å². The summed E-state index contributed by atoms with van der Waals surface area (Å²) in [5.41, 5.74) is 0. The minimum atomic E-state index is 0.0337. The summed E-state index contributed by atoms with van der Waals surface area (Å²) >= 11 is 0. The fourth-order valence-electron chi connectivity index (χ4n) is 1.43. The molecule has 0 saturated heterocycles. The van der Waals surface area contributed by atoms with E-state index in [0.29, 0.717) is 25.7 Å². The monoisotopic (exact) mass is 259 g/mol. The maximum atomic E-state index is 11.3. The summed E-state index contributed by atoms with van der Waals surface area (Å²) in [6.45, 7) is 7.93. The number of methoxy groups -OCH3 is 1. The molecule has 0 aromatic rings. The standard InChI is InChI=1S/C13H29N3O2/c1-12(2)16(3)9-6-5-7-14-11-13(17)15-8-10-18-4/h12,14H,5-11H2,1-4H3,(H,15,17). The molecule has 0 heterocycles. The van der Waals surface area contributed by atoms with Crippen molar-refractivity contribution in [1.29, 1.82) is 0 Å². The van der Waals surface area contributed by atoms with Gasteiger partial charge in [0.05, 0.1) is 13.2 Å². The van der Waals surface area contributed by atoms with E-state index in [1.54, 1.807) is 7.11 Å². The maximum Gasteiger partial charge on any atom is 0.234 e. The van der Waals surface area contributed by atoms with Crippen LogP contribution in [-0.2, 0) is 9.53 Å². The second-order valence-corrected chi connectivity index (χ2v) is 4.80. The lowest BCUT2D eigenvalue weighted by Gasteiger charge is -2.20. The van der Waals surface area contributed by atoms with Crippen LogP contribution >= 0.6 is 0 Å². The predicted octanol–water partition coefficient (Wildman–Crippen LogP) is 0.459. The van der Waals surface area contributed by atoms with Crippen LogP contribution < -0.4 is 10.6 Å². The summed E-state index contributed by atoms with van der Waals surface area (Å²) < 4.78 is 4.85. The van der Waals surface area contributed by atoms with E-state index in [0.717, 1.165) is 25.9 Å². The molecule has 5 nitrogen and oxygen atoms in total. The molecule has 0 fully saturated rings. The van der Waals surface area contributed by atoms with Gasteiger partial charge in [0.25, 0.3) is 0 Å². The minimum Gasteiger partial charge on any atom is -0.383 e. The Morgan fingerprint density at radius 2 is 2.00 bits per heavy atom. The second kappa shape index (κ2) is 11.4. The molecule has 0 aliphatic heterocycles. The van der Waals surface area contributed by atoms with Gasteiger partial charge in [-0.2, -0.15) is 0 Å². The summed E-state index contributed by atoms with van der Waals surface area (Å²) in [6.07, 6.45) is 2.26. The van der Waals surface area contributed by atoms with E-state index in [4.69, 9.17) is 4.74 Å². The van der Waals surface area contributed by atoms with Gasteiger partial charge in [-0.05, 0) is 46.8 Å². The number of nitrogens with one attached hydrogen (secondary N) is 2. The first-order valence-electron chi connectivity index (χ1n) is 6.74. The third-order valence-corrected chi connectivity index (χ3v) is 2.91. The summed E-state index contributed by atoms with van der Waals surface area (Å²) in [5, 5.41) is 5.92. The largest absolute Gasteiger partial charge is 0.383 e. The Morgan fingerprint density at radius 3 is 2.61 bits per heavy atom. The molecule has 0 aliphatic carbocycles. The van der Waals surface area contributed by atoms with E-state index >= 15 is 0 Å². The second-order valence-electron chi connectivity index (χ2n) is 4.80. The van der Waals surface area contributed by atoms with E-state index in [-0.39, 0.29) is 5.91 Å². The fourth-order valence-corrected chi connectivity index (χ4v) is 1.43. The number of hydrogen-bond acceptors (Lipinski definition) is 4. The molecule has 108 valence electrons. The van der Waals surface area contributed by atoms with E-state index in [2.05, 4.69) is 36.4 Å². The van der Waals surface area contributed by atoms with Gasteiger partial charge in [0.15, 0.2) is 0 Å². The van der Waals surface area contributed by atoms with Crippen LogP contribution in [0.1, 0.15) is 26.7 Å². The Labute approximate surface area is 111 Å². The maximum absolute atomic E-state index is 11.3. The summed E-state index contributed by atoms with van der Waals surface area (Å²) in [5.74, 6) is 0.0337. The van der Waals surface area contributed by atoms with Crippen molar-refractivity contribution < 1.29 is 9.53 Å². The molecule has 1 amide bonds. The van der Waals surface area contributed by atoms with Crippen molar-refractivity contribution in [1.82, 2.24) is 15.5 Å². The zero-order valence-corrected chi connectivity index (χ0v) is 12.3. The number of rotatable bonds is 11. The van der Waals surface area contributed by atoms with Crippen molar-refractivity contribution in [2.45, 2.75) is 32.7 Å². The number of carbonyl (C=O) groups is 1. The number of ether oxygens (including phenoxy) is 1. The zero-order chi connectivity index (χ0) is 13.8.